The second-order valence-electron chi connectivity index (χ2n) is 6.17. The number of hydrogen-bond donors (Lipinski definition) is 2. The first kappa shape index (κ1) is 14.8. The lowest BCUT2D eigenvalue weighted by molar-refractivity contribution is 0.414. The van der Waals surface area contributed by atoms with Gasteiger partial charge in [-0.05, 0) is 63.2 Å². The molecule has 5 heteroatoms. The molecule has 1 atom stereocenters. The van der Waals surface area contributed by atoms with Gasteiger partial charge in [0, 0.05) is 18.2 Å². The third-order valence-electron chi connectivity index (χ3n) is 4.14. The van der Waals surface area contributed by atoms with Gasteiger partial charge in [-0.2, -0.15) is 0 Å². The van der Waals surface area contributed by atoms with Gasteiger partial charge in [0.05, 0.1) is 5.69 Å². The Bertz CT molecular complexity index is 686. The Morgan fingerprint density at radius 1 is 1.23 bits per heavy atom. The summed E-state index contributed by atoms with van der Waals surface area (Å²) in [4.78, 5) is 2.30. The Hall–Kier alpha value is -2.14. The number of likely N-dealkylation sites (N-methyl/N-ethyl adjacent to an activating group) is 1. The molecule has 1 fully saturated rings. The highest BCUT2D eigenvalue weighted by Crippen LogP contribution is 2.31. The molecule has 5 nitrogen and oxygen atoms in total. The van der Waals surface area contributed by atoms with Crippen molar-refractivity contribution in [3.8, 4) is 17.0 Å². The molecule has 1 aliphatic heterocycles. The lowest BCUT2D eigenvalue weighted by Gasteiger charge is -2.14. The first-order valence-electron chi connectivity index (χ1n) is 7.62. The van der Waals surface area contributed by atoms with Crippen LogP contribution in [0.15, 0.2) is 24.3 Å². The fourth-order valence-electron chi connectivity index (χ4n) is 2.93. The molecule has 116 valence electrons. The monoisotopic (exact) mass is 298 g/mol. The Morgan fingerprint density at radius 2 is 2.05 bits per heavy atom. The predicted octanol–water partition coefficient (Wildman–Crippen LogP) is 2.58. The summed E-state index contributed by atoms with van der Waals surface area (Å²) in [5.41, 5.74) is 3.48. The summed E-state index contributed by atoms with van der Waals surface area (Å²) >= 11 is 0. The van der Waals surface area contributed by atoms with E-state index in [1.807, 2.05) is 32.0 Å². The number of anilines is 1. The van der Waals surface area contributed by atoms with Crippen LogP contribution in [0.25, 0.3) is 11.3 Å². The van der Waals surface area contributed by atoms with Gasteiger partial charge in [0.25, 0.3) is 0 Å². The number of hydrogen-bond acceptors (Lipinski definition) is 5. The highest BCUT2D eigenvalue weighted by molar-refractivity contribution is 5.70. The van der Waals surface area contributed by atoms with Gasteiger partial charge in [-0.1, -0.05) is 6.07 Å². The van der Waals surface area contributed by atoms with Gasteiger partial charge < -0.3 is 15.3 Å². The lowest BCUT2D eigenvalue weighted by atomic mass is 10.0. The van der Waals surface area contributed by atoms with Gasteiger partial charge in [-0.15, -0.1) is 10.2 Å². The third-order valence-corrected chi connectivity index (χ3v) is 4.14. The van der Waals surface area contributed by atoms with Crippen LogP contribution in [0.5, 0.6) is 5.75 Å². The van der Waals surface area contributed by atoms with Gasteiger partial charge >= 0.3 is 0 Å². The van der Waals surface area contributed by atoms with E-state index in [1.165, 1.54) is 0 Å². The molecule has 22 heavy (non-hydrogen) atoms. The molecule has 3 rings (SSSR count). The van der Waals surface area contributed by atoms with E-state index in [9.17, 15) is 5.11 Å². The number of nitrogens with one attached hydrogen (secondary N) is 1. The molecule has 0 spiro atoms. The summed E-state index contributed by atoms with van der Waals surface area (Å²) in [6.07, 6.45) is 1.12. The molecule has 1 aromatic carbocycles. The van der Waals surface area contributed by atoms with Crippen molar-refractivity contribution in [3.05, 3.63) is 35.4 Å². The zero-order valence-corrected chi connectivity index (χ0v) is 13.3. The fourth-order valence-corrected chi connectivity index (χ4v) is 2.93. The van der Waals surface area contributed by atoms with E-state index >= 15 is 0 Å². The average molecular weight is 298 g/mol. The molecule has 0 saturated carbocycles. The maximum atomic E-state index is 10.1. The minimum Gasteiger partial charge on any atom is -0.507 e. The third kappa shape index (κ3) is 3.04. The molecule has 1 aliphatic rings. The zero-order chi connectivity index (χ0) is 15.7. The van der Waals surface area contributed by atoms with Crippen molar-refractivity contribution in [1.29, 1.82) is 0 Å². The van der Waals surface area contributed by atoms with Gasteiger partial charge in [0.15, 0.2) is 0 Å². The Kier molecular flexibility index (Phi) is 3.98. The summed E-state index contributed by atoms with van der Waals surface area (Å²) in [5, 5.41) is 22.1. The molecule has 0 bridgehead atoms. The number of phenols is 1. The maximum Gasteiger partial charge on any atom is 0.149 e. The number of likely N-dealkylation sites (tertiary alicyclic amines) is 1. The number of aryl methyl sites for hydroxylation is 2. The first-order chi connectivity index (χ1) is 10.5. The standard InChI is InChI=1S/C17H22N4O/c1-11-4-5-14(15(22)8-11)17-12(2)9-16(19-20-17)18-13-6-7-21(3)10-13/h4-5,8-9,13,22H,6-7,10H2,1-3H3,(H,18,19)/t13-/m1/s1. The van der Waals surface area contributed by atoms with Crippen molar-refractivity contribution in [3.63, 3.8) is 0 Å². The van der Waals surface area contributed by atoms with Crippen molar-refractivity contribution >= 4 is 5.82 Å². The average Bonchev–Trinajstić information content (AvgIpc) is 2.85. The minimum absolute atomic E-state index is 0.246. The van der Waals surface area contributed by atoms with E-state index in [0.29, 0.717) is 6.04 Å². The zero-order valence-electron chi connectivity index (χ0n) is 13.3. The maximum absolute atomic E-state index is 10.1. The quantitative estimate of drug-likeness (QED) is 0.912. The largest absolute Gasteiger partial charge is 0.507 e. The second-order valence-corrected chi connectivity index (χ2v) is 6.17. The number of aromatic nitrogens is 2. The summed E-state index contributed by atoms with van der Waals surface area (Å²) in [5.74, 6) is 1.05. The highest BCUT2D eigenvalue weighted by Gasteiger charge is 2.20. The highest BCUT2D eigenvalue weighted by atomic mass is 16.3. The molecule has 1 aromatic heterocycles. The molecule has 1 saturated heterocycles. The fraction of sp³-hybridized carbons (Fsp3) is 0.412. The van der Waals surface area contributed by atoms with Crippen molar-refractivity contribution in [2.75, 3.05) is 25.5 Å². The van der Waals surface area contributed by atoms with Crippen LogP contribution in [0.1, 0.15) is 17.5 Å². The number of aromatic hydroxyl groups is 1. The Balaban J connectivity index is 1.83. The second kappa shape index (κ2) is 5.93. The van der Waals surface area contributed by atoms with Crippen molar-refractivity contribution < 1.29 is 5.11 Å². The molecule has 0 radical (unpaired) electrons. The smallest absolute Gasteiger partial charge is 0.149 e. The first-order valence-corrected chi connectivity index (χ1v) is 7.62. The molecule has 0 aliphatic carbocycles. The van der Waals surface area contributed by atoms with E-state index in [2.05, 4.69) is 27.5 Å². The normalized spacial score (nSPS) is 18.6. The van der Waals surface area contributed by atoms with Gasteiger partial charge in [-0.3, -0.25) is 0 Å². The number of benzene rings is 1. The van der Waals surface area contributed by atoms with E-state index in [0.717, 1.165) is 47.7 Å². The van der Waals surface area contributed by atoms with Crippen LogP contribution < -0.4 is 5.32 Å². The summed E-state index contributed by atoms with van der Waals surface area (Å²) in [6.45, 7) is 6.09. The van der Waals surface area contributed by atoms with Crippen LogP contribution >= 0.6 is 0 Å². The van der Waals surface area contributed by atoms with Gasteiger partial charge in [0.1, 0.15) is 11.6 Å². The van der Waals surface area contributed by atoms with E-state index in [1.54, 1.807) is 6.07 Å². The van der Waals surface area contributed by atoms with Crippen LogP contribution in [0.4, 0.5) is 5.82 Å². The van der Waals surface area contributed by atoms with Crippen LogP contribution in [0, 0.1) is 13.8 Å². The van der Waals surface area contributed by atoms with Crippen LogP contribution in [-0.4, -0.2) is 46.4 Å². The predicted molar refractivity (Wildman–Crippen MR) is 88.1 cm³/mol. The molecule has 2 heterocycles. The number of rotatable bonds is 3. The molecule has 0 unspecified atom stereocenters. The van der Waals surface area contributed by atoms with E-state index in [4.69, 9.17) is 0 Å². The Morgan fingerprint density at radius 3 is 2.68 bits per heavy atom. The van der Waals surface area contributed by atoms with Crippen LogP contribution in [0.3, 0.4) is 0 Å². The molecular formula is C17H22N4O. The molecule has 2 N–H and O–H groups in total. The van der Waals surface area contributed by atoms with Crippen molar-refractivity contribution in [2.24, 2.45) is 0 Å². The van der Waals surface area contributed by atoms with Gasteiger partial charge in [0.2, 0.25) is 0 Å². The summed E-state index contributed by atoms with van der Waals surface area (Å²) in [7, 11) is 2.13. The minimum atomic E-state index is 0.246. The van der Waals surface area contributed by atoms with E-state index < -0.39 is 0 Å². The summed E-state index contributed by atoms with van der Waals surface area (Å²) in [6, 6.07) is 8.03. The van der Waals surface area contributed by atoms with Crippen molar-refractivity contribution in [2.45, 2.75) is 26.3 Å². The molecule has 2 aromatic rings. The van der Waals surface area contributed by atoms with E-state index in [-0.39, 0.29) is 5.75 Å². The van der Waals surface area contributed by atoms with Crippen LogP contribution in [0.2, 0.25) is 0 Å². The number of nitrogens with zero attached hydrogens (tertiary/aromatic N) is 3. The van der Waals surface area contributed by atoms with Gasteiger partial charge in [-0.25, -0.2) is 0 Å². The topological polar surface area (TPSA) is 61.3 Å². The Labute approximate surface area is 131 Å². The summed E-state index contributed by atoms with van der Waals surface area (Å²) < 4.78 is 0. The SMILES string of the molecule is Cc1ccc(-c2nnc(N[C@@H]3CCN(C)C3)cc2C)c(O)c1. The molecular weight excluding hydrogens is 276 g/mol. The molecule has 0 amide bonds. The van der Waals surface area contributed by atoms with Crippen LogP contribution in [-0.2, 0) is 0 Å². The number of phenolic OH excluding ortho intramolecular Hbond substituents is 1. The van der Waals surface area contributed by atoms with Crippen molar-refractivity contribution in [1.82, 2.24) is 15.1 Å². The lowest BCUT2D eigenvalue weighted by Crippen LogP contribution is -2.24.